The van der Waals surface area contributed by atoms with Crippen LogP contribution in [0.3, 0.4) is 0 Å². The van der Waals surface area contributed by atoms with Gasteiger partial charge in [-0.2, -0.15) is 0 Å². The van der Waals surface area contributed by atoms with Gasteiger partial charge in [0.1, 0.15) is 12.0 Å². The van der Waals surface area contributed by atoms with Crippen LogP contribution >= 0.6 is 0 Å². The summed E-state index contributed by atoms with van der Waals surface area (Å²) in [4.78, 5) is 3.26. The maximum atomic E-state index is 13.9. The van der Waals surface area contributed by atoms with Crippen LogP contribution in [0.4, 0.5) is 4.39 Å². The van der Waals surface area contributed by atoms with Crippen molar-refractivity contribution >= 4 is 10.9 Å². The highest BCUT2D eigenvalue weighted by atomic mass is 19.1. The zero-order valence-corrected chi connectivity index (χ0v) is 15.6. The smallest absolute Gasteiger partial charge is 0.146 e. The lowest BCUT2D eigenvalue weighted by Gasteiger charge is -2.25. The van der Waals surface area contributed by atoms with Gasteiger partial charge in [0.15, 0.2) is 0 Å². The third-order valence-corrected chi connectivity index (χ3v) is 5.62. The highest BCUT2D eigenvalue weighted by molar-refractivity contribution is 5.85. The van der Waals surface area contributed by atoms with Crippen LogP contribution in [0.1, 0.15) is 61.9 Å². The molecule has 0 saturated heterocycles. The number of aromatic amines is 1. The summed E-state index contributed by atoms with van der Waals surface area (Å²) in [6.07, 6.45) is 4.32. The van der Waals surface area contributed by atoms with Crippen molar-refractivity contribution < 1.29 is 14.6 Å². The summed E-state index contributed by atoms with van der Waals surface area (Å²) in [7, 11) is 0. The molecule has 0 aliphatic heterocycles. The third-order valence-electron chi connectivity index (χ3n) is 5.62. The number of aromatic nitrogens is 1. The molecule has 0 spiro atoms. The molecule has 3 atom stereocenters. The standard InChI is InChI=1S/C20H31FN4O2/c21-13-6-7-16-14(10-13)18(12-4-2-1-3-5-12)19(25-16)20(27)24-11-15(23)17(26)8-9-22/h6-7,10,12,15,17,20,24-27H,1-5,8-9,11,22-23H2/t15-,17?,20?/m0/s1. The van der Waals surface area contributed by atoms with Crippen molar-refractivity contribution in [1.82, 2.24) is 10.3 Å². The molecular weight excluding hydrogens is 347 g/mol. The van der Waals surface area contributed by atoms with Gasteiger partial charge in [-0.1, -0.05) is 19.3 Å². The first-order valence-corrected chi connectivity index (χ1v) is 9.87. The predicted octanol–water partition coefficient (Wildman–Crippen LogP) is 1.97. The summed E-state index contributed by atoms with van der Waals surface area (Å²) >= 11 is 0. The number of fused-ring (bicyclic) bond motifs is 1. The van der Waals surface area contributed by atoms with E-state index in [4.69, 9.17) is 11.5 Å². The number of benzene rings is 1. The van der Waals surface area contributed by atoms with Crippen molar-refractivity contribution in [1.29, 1.82) is 0 Å². The molecule has 1 aliphatic carbocycles. The van der Waals surface area contributed by atoms with E-state index in [9.17, 15) is 14.6 Å². The van der Waals surface area contributed by atoms with E-state index in [1.54, 1.807) is 12.1 Å². The molecule has 1 saturated carbocycles. The Morgan fingerprint density at radius 1 is 1.22 bits per heavy atom. The molecule has 2 unspecified atom stereocenters. The van der Waals surface area contributed by atoms with Gasteiger partial charge >= 0.3 is 0 Å². The predicted molar refractivity (Wildman–Crippen MR) is 105 cm³/mol. The SMILES string of the molecule is NCCC(O)[C@@H](N)CNC(O)c1[nH]c2ccc(F)cc2c1C1CCCCC1. The molecule has 0 radical (unpaired) electrons. The van der Waals surface area contributed by atoms with E-state index in [0.717, 1.165) is 42.1 Å². The Labute approximate surface area is 159 Å². The molecule has 1 aromatic carbocycles. The van der Waals surface area contributed by atoms with Crippen LogP contribution in [-0.2, 0) is 0 Å². The van der Waals surface area contributed by atoms with E-state index in [2.05, 4.69) is 10.3 Å². The topological polar surface area (TPSA) is 120 Å². The molecule has 1 aliphatic rings. The number of rotatable bonds is 8. The molecule has 6 nitrogen and oxygen atoms in total. The van der Waals surface area contributed by atoms with Crippen LogP contribution in [0.2, 0.25) is 0 Å². The average Bonchev–Trinajstić information content (AvgIpc) is 3.05. The van der Waals surface area contributed by atoms with Gasteiger partial charge in [-0.15, -0.1) is 0 Å². The minimum Gasteiger partial charge on any atom is -0.391 e. The summed E-state index contributed by atoms with van der Waals surface area (Å²) in [6.45, 7) is 0.604. The normalized spacial score (nSPS) is 19.3. The van der Waals surface area contributed by atoms with E-state index in [1.807, 2.05) is 0 Å². The molecule has 1 fully saturated rings. The number of hydrogen-bond donors (Lipinski definition) is 6. The number of nitrogens with two attached hydrogens (primary N) is 2. The molecular formula is C20H31FN4O2. The van der Waals surface area contributed by atoms with Gasteiger partial charge in [0.25, 0.3) is 0 Å². The van der Waals surface area contributed by atoms with Gasteiger partial charge in [-0.25, -0.2) is 4.39 Å². The lowest BCUT2D eigenvalue weighted by atomic mass is 9.82. The number of hydrogen-bond acceptors (Lipinski definition) is 5. The van der Waals surface area contributed by atoms with E-state index in [0.29, 0.717) is 24.6 Å². The molecule has 1 aromatic heterocycles. The van der Waals surface area contributed by atoms with Crippen LogP contribution in [0.25, 0.3) is 10.9 Å². The molecule has 150 valence electrons. The second kappa shape index (κ2) is 9.12. The quantitative estimate of drug-likeness (QED) is 0.392. The maximum absolute atomic E-state index is 13.9. The average molecular weight is 378 g/mol. The maximum Gasteiger partial charge on any atom is 0.146 e. The van der Waals surface area contributed by atoms with Gasteiger partial charge in [0, 0.05) is 23.5 Å². The fraction of sp³-hybridized carbons (Fsp3) is 0.600. The van der Waals surface area contributed by atoms with Crippen molar-refractivity contribution in [3.63, 3.8) is 0 Å². The van der Waals surface area contributed by atoms with Crippen LogP contribution in [0, 0.1) is 5.82 Å². The Bertz CT molecular complexity index is 745. The Hall–Kier alpha value is -1.51. The van der Waals surface area contributed by atoms with E-state index in [-0.39, 0.29) is 12.4 Å². The van der Waals surface area contributed by atoms with Crippen molar-refractivity contribution in [2.24, 2.45) is 11.5 Å². The minimum absolute atomic E-state index is 0.246. The lowest BCUT2D eigenvalue weighted by Crippen LogP contribution is -2.45. The summed E-state index contributed by atoms with van der Waals surface area (Å²) < 4.78 is 13.9. The van der Waals surface area contributed by atoms with Crippen LogP contribution in [0.15, 0.2) is 18.2 Å². The fourth-order valence-electron chi connectivity index (χ4n) is 4.12. The number of halogens is 1. The van der Waals surface area contributed by atoms with Crippen LogP contribution < -0.4 is 16.8 Å². The molecule has 2 aromatic rings. The van der Waals surface area contributed by atoms with E-state index in [1.165, 1.54) is 12.5 Å². The number of aliphatic hydroxyl groups is 2. The van der Waals surface area contributed by atoms with Crippen LogP contribution in [0.5, 0.6) is 0 Å². The Morgan fingerprint density at radius 2 is 1.96 bits per heavy atom. The van der Waals surface area contributed by atoms with Crippen molar-refractivity contribution in [3.05, 3.63) is 35.3 Å². The van der Waals surface area contributed by atoms with Gasteiger partial charge in [-0.3, -0.25) is 5.32 Å². The molecule has 8 N–H and O–H groups in total. The second-order valence-electron chi connectivity index (χ2n) is 7.60. The Kier molecular flexibility index (Phi) is 6.83. The van der Waals surface area contributed by atoms with Gasteiger partial charge in [0.05, 0.1) is 11.8 Å². The fourth-order valence-corrected chi connectivity index (χ4v) is 4.12. The summed E-state index contributed by atoms with van der Waals surface area (Å²) in [5.41, 5.74) is 13.9. The number of aliphatic hydroxyl groups excluding tert-OH is 2. The monoisotopic (exact) mass is 378 g/mol. The van der Waals surface area contributed by atoms with E-state index < -0.39 is 18.4 Å². The highest BCUT2D eigenvalue weighted by Crippen LogP contribution is 2.40. The Morgan fingerprint density at radius 3 is 2.67 bits per heavy atom. The van der Waals surface area contributed by atoms with Gasteiger partial charge in [-0.05, 0) is 55.5 Å². The highest BCUT2D eigenvalue weighted by Gasteiger charge is 2.26. The van der Waals surface area contributed by atoms with Crippen molar-refractivity contribution in [2.75, 3.05) is 13.1 Å². The molecule has 0 bridgehead atoms. The first-order valence-electron chi connectivity index (χ1n) is 9.87. The first kappa shape index (κ1) is 20.2. The third kappa shape index (κ3) is 4.67. The zero-order valence-electron chi connectivity index (χ0n) is 15.6. The van der Waals surface area contributed by atoms with Crippen molar-refractivity contribution in [2.45, 2.75) is 62.8 Å². The molecule has 27 heavy (non-hydrogen) atoms. The van der Waals surface area contributed by atoms with Gasteiger partial charge in [0.2, 0.25) is 0 Å². The summed E-state index contributed by atoms with van der Waals surface area (Å²) in [5.74, 6) is 0.0248. The van der Waals surface area contributed by atoms with Gasteiger partial charge < -0.3 is 26.7 Å². The molecule has 3 rings (SSSR count). The molecule has 7 heteroatoms. The van der Waals surface area contributed by atoms with Crippen molar-refractivity contribution in [3.8, 4) is 0 Å². The first-order chi connectivity index (χ1) is 13.0. The zero-order chi connectivity index (χ0) is 19.4. The van der Waals surface area contributed by atoms with E-state index >= 15 is 0 Å². The second-order valence-corrected chi connectivity index (χ2v) is 7.60. The summed E-state index contributed by atoms with van der Waals surface area (Å²) in [5, 5.41) is 24.5. The molecule has 0 amide bonds. The number of H-pyrrole nitrogens is 1. The Balaban J connectivity index is 1.84. The largest absolute Gasteiger partial charge is 0.391 e. The minimum atomic E-state index is -0.964. The number of nitrogens with one attached hydrogen (secondary N) is 2. The lowest BCUT2D eigenvalue weighted by molar-refractivity contribution is 0.103. The van der Waals surface area contributed by atoms with Crippen LogP contribution in [-0.4, -0.2) is 40.4 Å². The molecule has 1 heterocycles. The summed E-state index contributed by atoms with van der Waals surface area (Å²) in [6, 6.07) is 4.15.